The van der Waals surface area contributed by atoms with Gasteiger partial charge in [0.2, 0.25) is 0 Å². The zero-order valence-corrected chi connectivity index (χ0v) is 12.9. The molecule has 0 aromatic carbocycles. The quantitative estimate of drug-likeness (QED) is 0.837. The van der Waals surface area contributed by atoms with E-state index in [1.807, 2.05) is 0 Å². The second-order valence-corrected chi connectivity index (χ2v) is 6.79. The highest BCUT2D eigenvalue weighted by molar-refractivity contribution is 7.99. The largest absolute Gasteiger partial charge is 0.480 e. The van der Waals surface area contributed by atoms with Crippen LogP contribution in [0.2, 0.25) is 0 Å². The Bertz CT molecular complexity index is 370. The highest BCUT2D eigenvalue weighted by Gasteiger charge is 2.37. The van der Waals surface area contributed by atoms with Gasteiger partial charge in [0.05, 0.1) is 5.88 Å². The van der Waals surface area contributed by atoms with Crippen LogP contribution >= 0.6 is 11.8 Å². The van der Waals surface area contributed by atoms with Gasteiger partial charge in [0, 0.05) is 38.5 Å². The first-order valence-electron chi connectivity index (χ1n) is 7.07. The Hall–Kier alpha value is -0.950. The van der Waals surface area contributed by atoms with Crippen molar-refractivity contribution in [3.05, 3.63) is 0 Å². The van der Waals surface area contributed by atoms with Gasteiger partial charge >= 0.3 is 12.0 Å². The highest BCUT2D eigenvalue weighted by atomic mass is 32.2. The van der Waals surface area contributed by atoms with E-state index in [2.05, 4.69) is 18.7 Å². The lowest BCUT2D eigenvalue weighted by Gasteiger charge is -2.37. The minimum Gasteiger partial charge on any atom is -0.480 e. The Morgan fingerprint density at radius 1 is 1.25 bits per heavy atom. The number of urea groups is 1. The predicted octanol–water partition coefficient (Wildman–Crippen LogP) is 0.839. The zero-order chi connectivity index (χ0) is 14.7. The van der Waals surface area contributed by atoms with E-state index in [0.717, 1.165) is 19.6 Å². The minimum atomic E-state index is -0.901. The van der Waals surface area contributed by atoms with E-state index in [-0.39, 0.29) is 6.03 Å². The number of carbonyl (C=O) groups excluding carboxylic acids is 1. The number of piperazine rings is 1. The molecule has 0 radical (unpaired) electrons. The van der Waals surface area contributed by atoms with Crippen LogP contribution in [0.1, 0.15) is 13.8 Å². The van der Waals surface area contributed by atoms with Crippen molar-refractivity contribution in [1.29, 1.82) is 0 Å². The van der Waals surface area contributed by atoms with Gasteiger partial charge in [-0.05, 0) is 5.92 Å². The fourth-order valence-electron chi connectivity index (χ4n) is 2.66. The summed E-state index contributed by atoms with van der Waals surface area (Å²) in [7, 11) is 0. The first kappa shape index (κ1) is 15.4. The second kappa shape index (κ2) is 6.67. The monoisotopic (exact) mass is 301 g/mol. The summed E-state index contributed by atoms with van der Waals surface area (Å²) in [6, 6.07) is -0.784. The van der Waals surface area contributed by atoms with E-state index in [1.165, 1.54) is 16.7 Å². The molecule has 0 aromatic rings. The number of carboxylic acid groups (broad SMARTS) is 1. The first-order valence-corrected chi connectivity index (χ1v) is 8.23. The lowest BCUT2D eigenvalue weighted by atomic mass is 10.2. The van der Waals surface area contributed by atoms with Gasteiger partial charge in [-0.2, -0.15) is 0 Å². The predicted molar refractivity (Wildman–Crippen MR) is 78.8 cm³/mol. The summed E-state index contributed by atoms with van der Waals surface area (Å²) in [5.41, 5.74) is 0. The van der Waals surface area contributed by atoms with Gasteiger partial charge in [-0.1, -0.05) is 13.8 Å². The molecule has 2 aliphatic rings. The van der Waals surface area contributed by atoms with E-state index in [4.69, 9.17) is 5.11 Å². The zero-order valence-electron chi connectivity index (χ0n) is 12.1. The fraction of sp³-hybridized carbons (Fsp3) is 0.846. The van der Waals surface area contributed by atoms with E-state index < -0.39 is 12.0 Å². The van der Waals surface area contributed by atoms with Crippen LogP contribution in [-0.2, 0) is 4.79 Å². The maximum absolute atomic E-state index is 12.4. The summed E-state index contributed by atoms with van der Waals surface area (Å²) in [6.45, 7) is 8.58. The molecular formula is C13H23N3O3S. The Labute approximate surface area is 124 Å². The Balaban J connectivity index is 1.87. The molecule has 2 saturated heterocycles. The molecule has 2 amide bonds. The number of carbonyl (C=O) groups is 2. The summed E-state index contributed by atoms with van der Waals surface area (Å²) < 4.78 is 0. The SMILES string of the molecule is CC(C)CN1CCN(C(=O)N2CSCC2C(=O)O)CC1. The summed E-state index contributed by atoms with van der Waals surface area (Å²) in [5.74, 6) is 0.710. The number of aliphatic carboxylic acids is 1. The summed E-state index contributed by atoms with van der Waals surface area (Å²) >= 11 is 1.51. The molecule has 2 heterocycles. The van der Waals surface area contributed by atoms with Gasteiger partial charge in [-0.3, -0.25) is 4.90 Å². The number of carboxylic acids is 1. The number of nitrogens with zero attached hydrogens (tertiary/aromatic N) is 3. The molecule has 1 N–H and O–H groups in total. The third-order valence-corrected chi connectivity index (χ3v) is 4.69. The molecule has 2 aliphatic heterocycles. The third-order valence-electron chi connectivity index (χ3n) is 3.68. The van der Waals surface area contributed by atoms with Gasteiger partial charge in [0.15, 0.2) is 0 Å². The first-order chi connectivity index (χ1) is 9.49. The van der Waals surface area contributed by atoms with Gasteiger partial charge in [0.1, 0.15) is 6.04 Å². The molecule has 2 rings (SSSR count). The highest BCUT2D eigenvalue weighted by Crippen LogP contribution is 2.23. The van der Waals surface area contributed by atoms with Crippen molar-refractivity contribution in [3.8, 4) is 0 Å². The van der Waals surface area contributed by atoms with Crippen LogP contribution in [-0.4, -0.2) is 82.2 Å². The molecule has 0 spiro atoms. The van der Waals surface area contributed by atoms with Crippen molar-refractivity contribution < 1.29 is 14.7 Å². The normalized spacial score (nSPS) is 24.4. The lowest BCUT2D eigenvalue weighted by Crippen LogP contribution is -2.55. The number of hydrogen-bond donors (Lipinski definition) is 1. The summed E-state index contributed by atoms with van der Waals surface area (Å²) in [6.07, 6.45) is 0. The molecule has 114 valence electrons. The number of rotatable bonds is 3. The Morgan fingerprint density at radius 2 is 1.90 bits per heavy atom. The molecule has 2 fully saturated rings. The fourth-order valence-corrected chi connectivity index (χ4v) is 3.79. The van der Waals surface area contributed by atoms with Crippen LogP contribution in [0.3, 0.4) is 0 Å². The molecule has 20 heavy (non-hydrogen) atoms. The maximum atomic E-state index is 12.4. The van der Waals surface area contributed by atoms with Crippen molar-refractivity contribution in [1.82, 2.24) is 14.7 Å². The van der Waals surface area contributed by atoms with Gasteiger partial charge in [-0.15, -0.1) is 11.8 Å². The van der Waals surface area contributed by atoms with Crippen molar-refractivity contribution >= 4 is 23.8 Å². The van der Waals surface area contributed by atoms with Crippen LogP contribution < -0.4 is 0 Å². The molecule has 0 aliphatic carbocycles. The van der Waals surface area contributed by atoms with Crippen molar-refractivity contribution in [2.24, 2.45) is 5.92 Å². The van der Waals surface area contributed by atoms with Crippen LogP contribution in [0.5, 0.6) is 0 Å². The summed E-state index contributed by atoms with van der Waals surface area (Å²) in [4.78, 5) is 29.2. The molecular weight excluding hydrogens is 278 g/mol. The standard InChI is InChI=1S/C13H23N3O3S/c1-10(2)7-14-3-5-15(6-4-14)13(19)16-9-20-8-11(16)12(17)18/h10-11H,3-9H2,1-2H3,(H,17,18). The van der Waals surface area contributed by atoms with E-state index in [1.54, 1.807) is 4.90 Å². The van der Waals surface area contributed by atoms with Crippen molar-refractivity contribution in [2.45, 2.75) is 19.9 Å². The Kier molecular flexibility index (Phi) is 5.15. The van der Waals surface area contributed by atoms with Gasteiger partial charge < -0.3 is 14.9 Å². The van der Waals surface area contributed by atoms with Crippen molar-refractivity contribution in [3.63, 3.8) is 0 Å². The average molecular weight is 301 g/mol. The Morgan fingerprint density at radius 3 is 2.45 bits per heavy atom. The van der Waals surface area contributed by atoms with Crippen molar-refractivity contribution in [2.75, 3.05) is 44.4 Å². The van der Waals surface area contributed by atoms with E-state index >= 15 is 0 Å². The van der Waals surface area contributed by atoms with Crippen LogP contribution in [0.25, 0.3) is 0 Å². The van der Waals surface area contributed by atoms with E-state index in [0.29, 0.717) is 30.6 Å². The minimum absolute atomic E-state index is 0.119. The molecule has 7 heteroatoms. The summed E-state index contributed by atoms with van der Waals surface area (Å²) in [5, 5.41) is 9.14. The lowest BCUT2D eigenvalue weighted by molar-refractivity contribution is -0.141. The number of hydrogen-bond acceptors (Lipinski definition) is 4. The number of thioether (sulfide) groups is 1. The molecule has 0 aromatic heterocycles. The maximum Gasteiger partial charge on any atom is 0.327 e. The van der Waals surface area contributed by atoms with Crippen LogP contribution in [0.15, 0.2) is 0 Å². The van der Waals surface area contributed by atoms with Gasteiger partial charge in [0.25, 0.3) is 0 Å². The van der Waals surface area contributed by atoms with Crippen LogP contribution in [0, 0.1) is 5.92 Å². The average Bonchev–Trinajstić information content (AvgIpc) is 2.87. The van der Waals surface area contributed by atoms with Crippen LogP contribution in [0.4, 0.5) is 4.79 Å². The third kappa shape index (κ3) is 3.58. The second-order valence-electron chi connectivity index (χ2n) is 5.79. The molecule has 0 saturated carbocycles. The molecule has 1 unspecified atom stereocenters. The number of amides is 2. The van der Waals surface area contributed by atoms with E-state index in [9.17, 15) is 9.59 Å². The molecule has 0 bridgehead atoms. The smallest absolute Gasteiger partial charge is 0.327 e. The molecule has 1 atom stereocenters. The molecule has 6 nitrogen and oxygen atoms in total. The topological polar surface area (TPSA) is 64.1 Å². The van der Waals surface area contributed by atoms with Gasteiger partial charge in [-0.25, -0.2) is 9.59 Å².